The number of hydrogen-bond acceptors (Lipinski definition) is 6. The molecule has 0 spiro atoms. The molecule has 1 heterocycles. The van der Waals surface area contributed by atoms with Crippen LogP contribution >= 0.6 is 11.3 Å². The number of thiophene rings is 1. The Hall–Kier alpha value is -3.17. The number of aryl methyl sites for hydroxylation is 1. The normalized spacial score (nSPS) is 11.4. The molecule has 1 N–H and O–H groups in total. The van der Waals surface area contributed by atoms with Gasteiger partial charge in [0.15, 0.2) is 0 Å². The third kappa shape index (κ3) is 5.93. The van der Waals surface area contributed by atoms with Gasteiger partial charge in [0.2, 0.25) is 0 Å². The molecule has 0 fully saturated rings. The van der Waals surface area contributed by atoms with Crippen LogP contribution < -0.4 is 14.5 Å². The van der Waals surface area contributed by atoms with E-state index in [0.29, 0.717) is 18.0 Å². The lowest BCUT2D eigenvalue weighted by atomic mass is 10.2. The topological polar surface area (TPSA) is 88.1 Å². The molecule has 31 heavy (non-hydrogen) atoms. The van der Waals surface area contributed by atoms with Gasteiger partial charge in [-0.15, -0.1) is 11.3 Å². The molecule has 0 aliphatic rings. The molecule has 2 aromatic carbocycles. The van der Waals surface area contributed by atoms with Crippen LogP contribution in [0.4, 0.5) is 5.69 Å². The van der Waals surface area contributed by atoms with Crippen molar-refractivity contribution < 1.29 is 17.9 Å². The molecule has 162 valence electrons. The quantitative estimate of drug-likeness (QED) is 0.391. The molecule has 0 bridgehead atoms. The van der Waals surface area contributed by atoms with E-state index in [9.17, 15) is 13.2 Å². The molecule has 0 radical (unpaired) electrons. The van der Waals surface area contributed by atoms with Gasteiger partial charge in [-0.1, -0.05) is 23.8 Å². The number of ether oxygens (including phenoxy) is 1. The van der Waals surface area contributed by atoms with Gasteiger partial charge < -0.3 is 4.74 Å². The number of carbonyl (C=O) groups is 1. The van der Waals surface area contributed by atoms with Crippen LogP contribution in [0, 0.1) is 6.92 Å². The van der Waals surface area contributed by atoms with Gasteiger partial charge in [-0.05, 0) is 61.7 Å². The van der Waals surface area contributed by atoms with Crippen LogP contribution in [0.3, 0.4) is 0 Å². The summed E-state index contributed by atoms with van der Waals surface area (Å²) in [6.45, 7) is 3.82. The first-order valence-corrected chi connectivity index (χ1v) is 11.9. The van der Waals surface area contributed by atoms with E-state index in [2.05, 4.69) is 10.5 Å². The Morgan fingerprint density at radius 1 is 1.13 bits per heavy atom. The van der Waals surface area contributed by atoms with E-state index in [1.54, 1.807) is 36.4 Å². The predicted octanol–water partition coefficient (Wildman–Crippen LogP) is 3.80. The first kappa shape index (κ1) is 22.5. The summed E-state index contributed by atoms with van der Waals surface area (Å²) < 4.78 is 33.2. The van der Waals surface area contributed by atoms with Crippen LogP contribution in [0.1, 0.15) is 17.4 Å². The minimum atomic E-state index is -3.99. The molecule has 0 atom stereocenters. The molecular formula is C22H23N3O4S2. The molecule has 0 unspecified atom stereocenters. The van der Waals surface area contributed by atoms with Crippen LogP contribution in [-0.4, -0.2) is 33.7 Å². The molecule has 0 saturated heterocycles. The summed E-state index contributed by atoms with van der Waals surface area (Å²) in [6, 6.07) is 16.8. The van der Waals surface area contributed by atoms with Crippen molar-refractivity contribution in [2.24, 2.45) is 5.10 Å². The second-order valence-corrected chi connectivity index (χ2v) is 9.40. The van der Waals surface area contributed by atoms with Crippen molar-refractivity contribution in [1.29, 1.82) is 0 Å². The Labute approximate surface area is 186 Å². The van der Waals surface area contributed by atoms with Crippen molar-refractivity contribution in [3.8, 4) is 5.75 Å². The number of sulfonamides is 1. The van der Waals surface area contributed by atoms with E-state index in [4.69, 9.17) is 4.74 Å². The zero-order chi connectivity index (χ0) is 22.3. The third-order valence-corrected chi connectivity index (χ3v) is 6.85. The summed E-state index contributed by atoms with van der Waals surface area (Å²) in [5.41, 5.74) is 3.76. The van der Waals surface area contributed by atoms with Gasteiger partial charge in [0.25, 0.3) is 15.9 Å². The second-order valence-electron chi connectivity index (χ2n) is 6.56. The fourth-order valence-electron chi connectivity index (χ4n) is 2.73. The van der Waals surface area contributed by atoms with Crippen LogP contribution in [0.25, 0.3) is 0 Å². The van der Waals surface area contributed by atoms with E-state index in [1.165, 1.54) is 29.7 Å². The molecule has 0 saturated carbocycles. The molecule has 1 amide bonds. The minimum absolute atomic E-state index is 0.0615. The average molecular weight is 458 g/mol. The Morgan fingerprint density at radius 3 is 2.45 bits per heavy atom. The zero-order valence-electron chi connectivity index (χ0n) is 17.2. The van der Waals surface area contributed by atoms with E-state index >= 15 is 0 Å². The maximum Gasteiger partial charge on any atom is 0.264 e. The third-order valence-electron chi connectivity index (χ3n) is 4.26. The first-order chi connectivity index (χ1) is 14.9. The smallest absolute Gasteiger partial charge is 0.264 e. The van der Waals surface area contributed by atoms with Gasteiger partial charge in [-0.2, -0.15) is 5.10 Å². The van der Waals surface area contributed by atoms with Crippen LogP contribution in [0.5, 0.6) is 5.75 Å². The van der Waals surface area contributed by atoms with Gasteiger partial charge in [-0.3, -0.25) is 9.10 Å². The standard InChI is InChI=1S/C22H23N3O4S2/c1-3-29-19-10-12-21(13-11-19)31(27,28)25(18-8-6-17(2)7-9-18)16-22(26)24-23-15-20-5-4-14-30-20/h4-15H,3,16H2,1-2H3,(H,24,26). The molecule has 1 aromatic heterocycles. The SMILES string of the molecule is CCOc1ccc(S(=O)(=O)N(CC(=O)NN=Cc2cccs2)c2ccc(C)cc2)cc1. The van der Waals surface area contributed by atoms with Crippen LogP contribution in [0.2, 0.25) is 0 Å². The van der Waals surface area contributed by atoms with E-state index in [1.807, 2.05) is 31.4 Å². The first-order valence-electron chi connectivity index (χ1n) is 9.58. The molecule has 3 aromatic rings. The number of rotatable bonds is 9. The molecule has 9 heteroatoms. The lowest BCUT2D eigenvalue weighted by Gasteiger charge is -2.24. The van der Waals surface area contributed by atoms with Gasteiger partial charge in [0.05, 0.1) is 23.4 Å². The monoisotopic (exact) mass is 457 g/mol. The van der Waals surface area contributed by atoms with Gasteiger partial charge in [0, 0.05) is 4.88 Å². The number of nitrogens with one attached hydrogen (secondary N) is 1. The van der Waals surface area contributed by atoms with Crippen molar-refractivity contribution in [1.82, 2.24) is 5.43 Å². The highest BCUT2D eigenvalue weighted by Gasteiger charge is 2.27. The van der Waals surface area contributed by atoms with Crippen molar-refractivity contribution in [2.45, 2.75) is 18.7 Å². The van der Waals surface area contributed by atoms with Gasteiger partial charge in [0.1, 0.15) is 12.3 Å². The average Bonchev–Trinajstić information content (AvgIpc) is 3.27. The molecule has 7 nitrogen and oxygen atoms in total. The lowest BCUT2D eigenvalue weighted by Crippen LogP contribution is -2.39. The predicted molar refractivity (Wildman–Crippen MR) is 123 cm³/mol. The van der Waals surface area contributed by atoms with E-state index in [0.717, 1.165) is 14.7 Å². The van der Waals surface area contributed by atoms with Gasteiger partial charge >= 0.3 is 0 Å². The van der Waals surface area contributed by atoms with E-state index in [-0.39, 0.29) is 4.90 Å². The number of hydrogen-bond donors (Lipinski definition) is 1. The summed E-state index contributed by atoms with van der Waals surface area (Å²) in [7, 11) is -3.99. The van der Waals surface area contributed by atoms with Crippen molar-refractivity contribution in [3.63, 3.8) is 0 Å². The number of hydrazone groups is 1. The maximum atomic E-state index is 13.4. The van der Waals surface area contributed by atoms with Crippen molar-refractivity contribution in [2.75, 3.05) is 17.5 Å². The fourth-order valence-corrected chi connectivity index (χ4v) is 4.73. The summed E-state index contributed by atoms with van der Waals surface area (Å²) in [5, 5.41) is 5.80. The largest absolute Gasteiger partial charge is 0.494 e. The van der Waals surface area contributed by atoms with Crippen LogP contribution in [-0.2, 0) is 14.8 Å². The zero-order valence-corrected chi connectivity index (χ0v) is 18.8. The molecule has 3 rings (SSSR count). The van der Waals surface area contributed by atoms with Crippen molar-refractivity contribution in [3.05, 3.63) is 76.5 Å². The summed E-state index contributed by atoms with van der Waals surface area (Å²) >= 11 is 1.48. The Morgan fingerprint density at radius 2 is 1.84 bits per heavy atom. The highest BCUT2D eigenvalue weighted by molar-refractivity contribution is 7.92. The maximum absolute atomic E-state index is 13.4. The highest BCUT2D eigenvalue weighted by Crippen LogP contribution is 2.25. The number of amides is 1. The summed E-state index contributed by atoms with van der Waals surface area (Å²) in [6.07, 6.45) is 1.51. The molecule has 0 aliphatic heterocycles. The number of carbonyl (C=O) groups excluding carboxylic acids is 1. The molecular weight excluding hydrogens is 434 g/mol. The Bertz CT molecular complexity index is 1120. The number of nitrogens with zero attached hydrogens (tertiary/aromatic N) is 2. The number of anilines is 1. The van der Waals surface area contributed by atoms with E-state index < -0.39 is 22.5 Å². The lowest BCUT2D eigenvalue weighted by molar-refractivity contribution is -0.119. The second kappa shape index (κ2) is 10.2. The Balaban J connectivity index is 1.85. The van der Waals surface area contributed by atoms with Gasteiger partial charge in [-0.25, -0.2) is 13.8 Å². The summed E-state index contributed by atoms with van der Waals surface area (Å²) in [4.78, 5) is 13.4. The Kier molecular flexibility index (Phi) is 7.43. The summed E-state index contributed by atoms with van der Waals surface area (Å²) in [5.74, 6) is 0.0203. The fraction of sp³-hybridized carbons (Fsp3) is 0.182. The van der Waals surface area contributed by atoms with Crippen molar-refractivity contribution >= 4 is 39.2 Å². The minimum Gasteiger partial charge on any atom is -0.494 e. The number of benzene rings is 2. The van der Waals surface area contributed by atoms with Crippen LogP contribution in [0.15, 0.2) is 76.0 Å². The highest BCUT2D eigenvalue weighted by atomic mass is 32.2. The molecule has 0 aliphatic carbocycles.